The van der Waals surface area contributed by atoms with Gasteiger partial charge in [-0.05, 0) is 25.2 Å². The molecule has 1 heterocycles. The number of fused-ring (bicyclic) bond motifs is 1. The molecular formula is C15H22N2O3. The van der Waals surface area contributed by atoms with Gasteiger partial charge in [-0.25, -0.2) is 0 Å². The Hall–Kier alpha value is -1.65. The van der Waals surface area contributed by atoms with E-state index in [1.54, 1.807) is 0 Å². The molecule has 0 unspecified atom stereocenters. The highest BCUT2D eigenvalue weighted by Gasteiger charge is 2.50. The summed E-state index contributed by atoms with van der Waals surface area (Å²) in [6, 6.07) is -0.675. The number of amides is 3. The summed E-state index contributed by atoms with van der Waals surface area (Å²) < 4.78 is 0. The van der Waals surface area contributed by atoms with E-state index in [2.05, 4.69) is 5.32 Å². The van der Waals surface area contributed by atoms with E-state index < -0.39 is 6.04 Å². The SMILES string of the molecule is CNC(=O)[C@H](CC(C)C)N1C(=O)[C@H]2CC=CC[C@H]2C1=O. The van der Waals surface area contributed by atoms with Crippen molar-refractivity contribution in [1.82, 2.24) is 10.2 Å². The van der Waals surface area contributed by atoms with Crippen LogP contribution in [0.25, 0.3) is 0 Å². The Balaban J connectivity index is 2.27. The minimum absolute atomic E-state index is 0.182. The maximum absolute atomic E-state index is 12.5. The fourth-order valence-corrected chi connectivity index (χ4v) is 3.08. The average Bonchev–Trinajstić information content (AvgIpc) is 2.68. The highest BCUT2D eigenvalue weighted by Crippen LogP contribution is 2.36. The zero-order chi connectivity index (χ0) is 14.9. The second-order valence-corrected chi connectivity index (χ2v) is 5.96. The van der Waals surface area contributed by atoms with Gasteiger partial charge in [0, 0.05) is 7.05 Å². The molecule has 1 saturated heterocycles. The number of nitrogens with zero attached hydrogens (tertiary/aromatic N) is 1. The van der Waals surface area contributed by atoms with E-state index in [-0.39, 0.29) is 35.5 Å². The molecule has 1 fully saturated rings. The third kappa shape index (κ3) is 2.49. The molecule has 5 heteroatoms. The molecule has 0 bridgehead atoms. The number of likely N-dealkylation sites (N-methyl/N-ethyl adjacent to an activating group) is 1. The van der Waals surface area contributed by atoms with E-state index in [0.717, 1.165) is 0 Å². The summed E-state index contributed by atoms with van der Waals surface area (Å²) in [4.78, 5) is 38.3. The largest absolute Gasteiger partial charge is 0.357 e. The normalized spacial score (nSPS) is 26.9. The fourth-order valence-electron chi connectivity index (χ4n) is 3.08. The smallest absolute Gasteiger partial charge is 0.243 e. The van der Waals surface area contributed by atoms with E-state index in [1.807, 2.05) is 26.0 Å². The lowest BCUT2D eigenvalue weighted by Gasteiger charge is -2.26. The molecule has 1 N–H and O–H groups in total. The van der Waals surface area contributed by atoms with Crippen molar-refractivity contribution in [2.75, 3.05) is 7.05 Å². The quantitative estimate of drug-likeness (QED) is 0.618. The van der Waals surface area contributed by atoms with E-state index in [0.29, 0.717) is 19.3 Å². The molecule has 1 aliphatic carbocycles. The minimum atomic E-state index is -0.675. The molecule has 20 heavy (non-hydrogen) atoms. The molecule has 0 spiro atoms. The minimum Gasteiger partial charge on any atom is -0.357 e. The van der Waals surface area contributed by atoms with Gasteiger partial charge in [-0.1, -0.05) is 26.0 Å². The van der Waals surface area contributed by atoms with Gasteiger partial charge in [-0.3, -0.25) is 19.3 Å². The van der Waals surface area contributed by atoms with Gasteiger partial charge in [0.15, 0.2) is 0 Å². The standard InChI is InChI=1S/C15H22N2O3/c1-9(2)8-12(13(18)16-3)17-14(19)10-6-4-5-7-11(10)15(17)20/h4-5,9-12H,6-8H2,1-3H3,(H,16,18)/t10-,11+,12-/m0/s1. The number of hydrogen-bond donors (Lipinski definition) is 1. The summed E-state index contributed by atoms with van der Waals surface area (Å²) in [5, 5.41) is 2.57. The predicted molar refractivity (Wildman–Crippen MR) is 74.5 cm³/mol. The summed E-state index contributed by atoms with van der Waals surface area (Å²) in [6.45, 7) is 3.96. The lowest BCUT2D eigenvalue weighted by atomic mass is 9.85. The third-order valence-electron chi connectivity index (χ3n) is 4.10. The fraction of sp³-hybridized carbons (Fsp3) is 0.667. The number of rotatable bonds is 4. The Labute approximate surface area is 119 Å². The average molecular weight is 278 g/mol. The van der Waals surface area contributed by atoms with E-state index in [4.69, 9.17) is 0 Å². The lowest BCUT2D eigenvalue weighted by Crippen LogP contribution is -2.49. The van der Waals surface area contributed by atoms with Crippen LogP contribution in [0.4, 0.5) is 0 Å². The number of carbonyl (C=O) groups is 3. The number of nitrogens with one attached hydrogen (secondary N) is 1. The maximum atomic E-state index is 12.5. The van der Waals surface area contributed by atoms with E-state index in [9.17, 15) is 14.4 Å². The van der Waals surface area contributed by atoms with Crippen molar-refractivity contribution in [2.24, 2.45) is 17.8 Å². The second kappa shape index (κ2) is 5.77. The first kappa shape index (κ1) is 14.8. The molecule has 0 aromatic rings. The maximum Gasteiger partial charge on any atom is 0.243 e. The first-order valence-electron chi connectivity index (χ1n) is 7.20. The Bertz CT molecular complexity index is 430. The molecule has 3 amide bonds. The van der Waals surface area contributed by atoms with Gasteiger partial charge in [-0.2, -0.15) is 0 Å². The number of carbonyl (C=O) groups excluding carboxylic acids is 3. The summed E-state index contributed by atoms with van der Waals surface area (Å²) >= 11 is 0. The van der Waals surface area contributed by atoms with Gasteiger partial charge >= 0.3 is 0 Å². The monoisotopic (exact) mass is 278 g/mol. The van der Waals surface area contributed by atoms with Crippen LogP contribution in [0, 0.1) is 17.8 Å². The highest BCUT2D eigenvalue weighted by atomic mass is 16.2. The topological polar surface area (TPSA) is 66.5 Å². The van der Waals surface area contributed by atoms with Crippen LogP contribution in [-0.4, -0.2) is 35.7 Å². The molecule has 0 saturated carbocycles. The predicted octanol–water partition coefficient (Wildman–Crippen LogP) is 1.10. The van der Waals surface area contributed by atoms with Crippen molar-refractivity contribution >= 4 is 17.7 Å². The van der Waals surface area contributed by atoms with Crippen LogP contribution >= 0.6 is 0 Å². The first-order chi connectivity index (χ1) is 9.47. The number of hydrogen-bond acceptors (Lipinski definition) is 3. The Kier molecular flexibility index (Phi) is 4.26. The summed E-state index contributed by atoms with van der Waals surface area (Å²) in [7, 11) is 1.54. The van der Waals surface area contributed by atoms with Crippen LogP contribution in [0.5, 0.6) is 0 Å². The van der Waals surface area contributed by atoms with Gasteiger partial charge in [0.25, 0.3) is 0 Å². The lowest BCUT2D eigenvalue weighted by molar-refractivity contribution is -0.148. The Morgan fingerprint density at radius 1 is 1.25 bits per heavy atom. The zero-order valence-electron chi connectivity index (χ0n) is 12.3. The van der Waals surface area contributed by atoms with Gasteiger partial charge < -0.3 is 5.32 Å². The molecular weight excluding hydrogens is 256 g/mol. The van der Waals surface area contributed by atoms with Gasteiger partial charge in [0.1, 0.15) is 6.04 Å². The van der Waals surface area contributed by atoms with Crippen LogP contribution in [-0.2, 0) is 14.4 Å². The number of imide groups is 1. The molecule has 5 nitrogen and oxygen atoms in total. The summed E-state index contributed by atoms with van der Waals surface area (Å²) in [5.41, 5.74) is 0. The van der Waals surface area contributed by atoms with E-state index >= 15 is 0 Å². The van der Waals surface area contributed by atoms with Crippen LogP contribution in [0.15, 0.2) is 12.2 Å². The molecule has 0 aromatic heterocycles. The Morgan fingerprint density at radius 3 is 2.15 bits per heavy atom. The second-order valence-electron chi connectivity index (χ2n) is 5.96. The van der Waals surface area contributed by atoms with Crippen molar-refractivity contribution in [3.63, 3.8) is 0 Å². The molecule has 110 valence electrons. The molecule has 1 aliphatic heterocycles. The highest BCUT2D eigenvalue weighted by molar-refractivity contribution is 6.08. The molecule has 2 aliphatic rings. The van der Waals surface area contributed by atoms with Crippen LogP contribution in [0.1, 0.15) is 33.1 Å². The van der Waals surface area contributed by atoms with Gasteiger partial charge in [0.2, 0.25) is 17.7 Å². The molecule has 0 radical (unpaired) electrons. The van der Waals surface area contributed by atoms with Crippen LogP contribution in [0.3, 0.4) is 0 Å². The number of allylic oxidation sites excluding steroid dienone is 2. The molecule has 2 rings (SSSR count). The Morgan fingerprint density at radius 2 is 1.75 bits per heavy atom. The summed E-state index contributed by atoms with van der Waals surface area (Å²) in [6.07, 6.45) is 5.62. The van der Waals surface area contributed by atoms with Crippen LogP contribution < -0.4 is 5.32 Å². The van der Waals surface area contributed by atoms with Crippen molar-refractivity contribution in [2.45, 2.75) is 39.2 Å². The first-order valence-corrected chi connectivity index (χ1v) is 7.20. The molecule has 3 atom stereocenters. The van der Waals surface area contributed by atoms with Crippen molar-refractivity contribution in [3.05, 3.63) is 12.2 Å². The van der Waals surface area contributed by atoms with Gasteiger partial charge in [0.05, 0.1) is 11.8 Å². The van der Waals surface area contributed by atoms with Crippen LogP contribution in [0.2, 0.25) is 0 Å². The van der Waals surface area contributed by atoms with Crippen molar-refractivity contribution in [1.29, 1.82) is 0 Å². The van der Waals surface area contributed by atoms with Crippen molar-refractivity contribution < 1.29 is 14.4 Å². The van der Waals surface area contributed by atoms with Gasteiger partial charge in [-0.15, -0.1) is 0 Å². The third-order valence-corrected chi connectivity index (χ3v) is 4.10. The van der Waals surface area contributed by atoms with Crippen molar-refractivity contribution in [3.8, 4) is 0 Å². The zero-order valence-corrected chi connectivity index (χ0v) is 12.3. The number of likely N-dealkylation sites (tertiary alicyclic amines) is 1. The summed E-state index contributed by atoms with van der Waals surface area (Å²) in [5.74, 6) is -0.929. The molecule has 0 aromatic carbocycles. The van der Waals surface area contributed by atoms with E-state index in [1.165, 1.54) is 11.9 Å².